The van der Waals surface area contributed by atoms with E-state index in [-0.39, 0.29) is 18.9 Å². The number of methoxy groups -OCH3 is 4. The number of hydrogen-bond donors (Lipinski definition) is 0. The first kappa shape index (κ1) is 31.5. The van der Waals surface area contributed by atoms with Crippen molar-refractivity contribution in [2.75, 3.05) is 62.4 Å². The monoisotopic (exact) mass is 666 g/mol. The summed E-state index contributed by atoms with van der Waals surface area (Å²) in [6.07, 6.45) is 2.99. The van der Waals surface area contributed by atoms with Crippen LogP contribution in [0, 0.1) is 0 Å². The van der Waals surface area contributed by atoms with Gasteiger partial charge in [0.05, 0.1) is 28.4 Å². The molecule has 10 nitrogen and oxygen atoms in total. The van der Waals surface area contributed by atoms with Crippen molar-refractivity contribution in [2.45, 2.75) is 37.8 Å². The number of hydrogen-bond acceptors (Lipinski definition) is 10. The Morgan fingerprint density at radius 3 is 2.02 bits per heavy atom. The van der Waals surface area contributed by atoms with Crippen LogP contribution in [0.5, 0.6) is 57.5 Å². The van der Waals surface area contributed by atoms with Crippen LogP contribution in [0.4, 0.5) is 0 Å². The molecule has 5 aliphatic rings. The number of fused-ring (bicyclic) bond motifs is 3. The maximum Gasteiger partial charge on any atom is 0.231 e. The third kappa shape index (κ3) is 5.25. The van der Waals surface area contributed by atoms with E-state index in [4.69, 9.17) is 37.9 Å². The van der Waals surface area contributed by atoms with Crippen LogP contribution >= 0.6 is 0 Å². The molecule has 0 aromatic heterocycles. The second-order valence-corrected chi connectivity index (χ2v) is 13.1. The Bertz CT molecular complexity index is 1910. The van der Waals surface area contributed by atoms with Crippen molar-refractivity contribution in [2.24, 2.45) is 0 Å². The van der Waals surface area contributed by atoms with Gasteiger partial charge in [0.1, 0.15) is 5.75 Å². The molecule has 9 rings (SSSR count). The van der Waals surface area contributed by atoms with Gasteiger partial charge in [-0.2, -0.15) is 0 Å². The van der Waals surface area contributed by atoms with Crippen LogP contribution in [0.25, 0.3) is 0 Å². The zero-order valence-corrected chi connectivity index (χ0v) is 28.9. The average molecular weight is 667 g/mol. The lowest BCUT2D eigenvalue weighted by atomic mass is 9.86. The molecule has 2 atom stereocenters. The molecular formula is C39H42N2O8. The van der Waals surface area contributed by atoms with E-state index >= 15 is 0 Å². The molecule has 0 saturated carbocycles. The molecule has 10 heteroatoms. The summed E-state index contributed by atoms with van der Waals surface area (Å²) < 4.78 is 49.8. The second-order valence-electron chi connectivity index (χ2n) is 13.1. The first-order valence-electron chi connectivity index (χ1n) is 16.7. The zero-order valence-electron chi connectivity index (χ0n) is 28.9. The maximum atomic E-state index is 7.24. The normalized spacial score (nSPS) is 19.6. The Kier molecular flexibility index (Phi) is 8.08. The summed E-state index contributed by atoms with van der Waals surface area (Å²) in [4.78, 5) is 4.76. The van der Waals surface area contributed by atoms with E-state index in [0.717, 1.165) is 77.9 Å². The molecule has 8 bridgehead atoms. The minimum atomic E-state index is -0.0455. The Morgan fingerprint density at radius 1 is 0.612 bits per heavy atom. The lowest BCUT2D eigenvalue weighted by Crippen LogP contribution is -2.34. The van der Waals surface area contributed by atoms with Gasteiger partial charge < -0.3 is 37.9 Å². The van der Waals surface area contributed by atoms with Gasteiger partial charge in [-0.15, -0.1) is 0 Å². The molecular weight excluding hydrogens is 624 g/mol. The molecule has 0 N–H and O–H groups in total. The molecule has 5 heterocycles. The van der Waals surface area contributed by atoms with Crippen LogP contribution < -0.4 is 37.9 Å². The van der Waals surface area contributed by atoms with Crippen LogP contribution in [-0.4, -0.2) is 72.2 Å². The van der Waals surface area contributed by atoms with Gasteiger partial charge in [0.25, 0.3) is 0 Å². The van der Waals surface area contributed by atoms with Gasteiger partial charge >= 0.3 is 0 Å². The van der Waals surface area contributed by atoms with Crippen molar-refractivity contribution in [3.63, 3.8) is 0 Å². The van der Waals surface area contributed by atoms with Crippen molar-refractivity contribution in [3.05, 3.63) is 81.9 Å². The molecule has 0 radical (unpaired) electrons. The van der Waals surface area contributed by atoms with Crippen molar-refractivity contribution in [1.82, 2.24) is 9.80 Å². The van der Waals surface area contributed by atoms with E-state index in [1.807, 2.05) is 18.2 Å². The Morgan fingerprint density at radius 2 is 1.29 bits per heavy atom. The Hall–Kier alpha value is -4.80. The van der Waals surface area contributed by atoms with Crippen LogP contribution in [0.3, 0.4) is 0 Å². The molecule has 49 heavy (non-hydrogen) atoms. The molecule has 5 aliphatic heterocycles. The van der Waals surface area contributed by atoms with Crippen LogP contribution in [-0.2, 0) is 25.7 Å². The fraction of sp³-hybridized carbons (Fsp3) is 0.385. The van der Waals surface area contributed by atoms with Crippen LogP contribution in [0.15, 0.2) is 48.5 Å². The van der Waals surface area contributed by atoms with Gasteiger partial charge in [0, 0.05) is 41.9 Å². The lowest BCUT2D eigenvalue weighted by molar-refractivity contribution is 0.169. The topological polar surface area (TPSA) is 80.3 Å². The highest BCUT2D eigenvalue weighted by atomic mass is 16.7. The molecule has 0 saturated heterocycles. The molecule has 0 amide bonds. The van der Waals surface area contributed by atoms with Crippen LogP contribution in [0.2, 0.25) is 0 Å². The molecule has 0 aliphatic carbocycles. The molecule has 4 aromatic rings. The number of ether oxygens (including phenoxy) is 8. The summed E-state index contributed by atoms with van der Waals surface area (Å²) in [7, 11) is 11.0. The number of likely N-dealkylation sites (N-methyl/N-ethyl adjacent to an activating group) is 2. The highest BCUT2D eigenvalue weighted by Gasteiger charge is 2.40. The van der Waals surface area contributed by atoms with Crippen LogP contribution in [0.1, 0.15) is 45.5 Å². The number of nitrogens with zero attached hydrogens (tertiary/aromatic N) is 2. The summed E-state index contributed by atoms with van der Waals surface area (Å²) in [5, 5.41) is 0. The van der Waals surface area contributed by atoms with Crippen molar-refractivity contribution < 1.29 is 37.9 Å². The minimum Gasteiger partial charge on any atom is -0.493 e. The lowest BCUT2D eigenvalue weighted by Gasteiger charge is -2.38. The fourth-order valence-electron chi connectivity index (χ4n) is 7.90. The average Bonchev–Trinajstić information content (AvgIpc) is 3.60. The highest BCUT2D eigenvalue weighted by Crippen LogP contribution is 2.59. The molecule has 0 fully saturated rings. The summed E-state index contributed by atoms with van der Waals surface area (Å²) in [5.41, 5.74) is 6.58. The second kappa shape index (κ2) is 12.6. The SMILES string of the molecule is COc1ccc2cc1Oc1ccc(cc1)C[C@@H]1c3c(c(OC)c4c(c3Oc3c5c(cc(OC)c3OC)[C@@H](C2)N(C)CC5)OCO4)CCN1C. The van der Waals surface area contributed by atoms with Crippen molar-refractivity contribution in [1.29, 1.82) is 0 Å². The van der Waals surface area contributed by atoms with Crippen molar-refractivity contribution >= 4 is 0 Å². The molecule has 4 aromatic carbocycles. The predicted octanol–water partition coefficient (Wildman–Crippen LogP) is 6.89. The van der Waals surface area contributed by atoms with E-state index in [2.05, 4.69) is 54.2 Å². The van der Waals surface area contributed by atoms with Gasteiger partial charge in [0.15, 0.2) is 34.5 Å². The van der Waals surface area contributed by atoms with Gasteiger partial charge in [0.2, 0.25) is 24.0 Å². The standard InChI is InChI=1S/C39H42N2O8/c1-40-15-13-25-27-20-32(43-4)36(45-6)35(25)49-37-33-26(34(44-5)38-39(37)47-21-46-38)14-16-41(2)29(33)17-22-7-10-24(11-8-22)48-31-19-23(18-28(27)40)9-12-30(31)42-3/h7-12,19-20,28-29H,13-18,21H2,1-6H3/t28-,29-/m1/s1. The summed E-state index contributed by atoms with van der Waals surface area (Å²) >= 11 is 0. The van der Waals surface area contributed by atoms with Gasteiger partial charge in [-0.3, -0.25) is 9.80 Å². The molecule has 256 valence electrons. The molecule has 0 unspecified atom stereocenters. The first-order chi connectivity index (χ1) is 23.9. The Labute approximate surface area is 286 Å². The van der Waals surface area contributed by atoms with E-state index in [1.165, 1.54) is 0 Å². The quantitative estimate of drug-likeness (QED) is 0.230. The molecule has 0 spiro atoms. The van der Waals surface area contributed by atoms with Gasteiger partial charge in [-0.25, -0.2) is 0 Å². The third-order valence-corrected chi connectivity index (χ3v) is 10.5. The zero-order chi connectivity index (χ0) is 33.8. The fourth-order valence-corrected chi connectivity index (χ4v) is 7.90. The van der Waals surface area contributed by atoms with E-state index in [0.29, 0.717) is 51.7 Å². The third-order valence-electron chi connectivity index (χ3n) is 10.5. The Balaban J connectivity index is 1.40. The summed E-state index contributed by atoms with van der Waals surface area (Å²) in [6.45, 7) is 1.76. The van der Waals surface area contributed by atoms with E-state index in [1.54, 1.807) is 28.4 Å². The number of rotatable bonds is 4. The van der Waals surface area contributed by atoms with Gasteiger partial charge in [-0.05, 0) is 86.8 Å². The summed E-state index contributed by atoms with van der Waals surface area (Å²) in [5.74, 6) is 6.35. The highest BCUT2D eigenvalue weighted by molar-refractivity contribution is 5.72. The van der Waals surface area contributed by atoms with E-state index in [9.17, 15) is 0 Å². The first-order valence-corrected chi connectivity index (χ1v) is 16.7. The summed E-state index contributed by atoms with van der Waals surface area (Å²) in [6, 6.07) is 16.5. The smallest absolute Gasteiger partial charge is 0.231 e. The van der Waals surface area contributed by atoms with E-state index < -0.39 is 0 Å². The largest absolute Gasteiger partial charge is 0.493 e. The minimum absolute atomic E-state index is 0.0271. The predicted molar refractivity (Wildman–Crippen MR) is 184 cm³/mol. The maximum absolute atomic E-state index is 7.24. The van der Waals surface area contributed by atoms with Gasteiger partial charge in [-0.1, -0.05) is 18.2 Å². The van der Waals surface area contributed by atoms with Crippen molar-refractivity contribution in [3.8, 4) is 57.5 Å². The number of benzene rings is 4.